The number of nitrogens with zero attached hydrogens (tertiary/aromatic N) is 2. The topological polar surface area (TPSA) is 27.0 Å². The van der Waals surface area contributed by atoms with Crippen LogP contribution < -0.4 is 4.90 Å². The molecule has 1 unspecified atom stereocenters. The molecule has 1 aromatic rings. The Morgan fingerprint density at radius 2 is 2.25 bits per heavy atom. The van der Waals surface area contributed by atoms with Crippen molar-refractivity contribution < 1.29 is 4.39 Å². The summed E-state index contributed by atoms with van der Waals surface area (Å²) in [5, 5.41) is 8.63. The standard InChI is InChI=1S/C12H14ClFN2/c1-9(6-7-15)16(2)12-10(8-13)4-3-5-11(12)14/h3-5,9H,6,8H2,1-2H3. The van der Waals surface area contributed by atoms with Crippen LogP contribution in [0.25, 0.3) is 0 Å². The molecule has 2 nitrogen and oxygen atoms in total. The van der Waals surface area contributed by atoms with E-state index in [1.54, 1.807) is 24.1 Å². The SMILES string of the molecule is CC(CC#N)N(C)c1c(F)cccc1CCl. The predicted octanol–water partition coefficient (Wildman–Crippen LogP) is 3.30. The number of alkyl halides is 1. The second kappa shape index (κ2) is 5.72. The van der Waals surface area contributed by atoms with Crippen LogP contribution in [-0.2, 0) is 5.88 Å². The van der Waals surface area contributed by atoms with Crippen LogP contribution in [0.4, 0.5) is 10.1 Å². The van der Waals surface area contributed by atoms with Gasteiger partial charge in [0.1, 0.15) is 5.82 Å². The van der Waals surface area contributed by atoms with E-state index in [1.807, 2.05) is 6.92 Å². The van der Waals surface area contributed by atoms with Gasteiger partial charge in [0.25, 0.3) is 0 Å². The van der Waals surface area contributed by atoms with E-state index in [-0.39, 0.29) is 17.7 Å². The third-order valence-corrected chi connectivity index (χ3v) is 2.90. The number of halogens is 2. The van der Waals surface area contributed by atoms with E-state index < -0.39 is 0 Å². The molecule has 0 fully saturated rings. The fraction of sp³-hybridized carbons (Fsp3) is 0.417. The zero-order chi connectivity index (χ0) is 12.1. The van der Waals surface area contributed by atoms with E-state index in [4.69, 9.17) is 16.9 Å². The molecule has 1 aromatic carbocycles. The van der Waals surface area contributed by atoms with Crippen molar-refractivity contribution in [2.45, 2.75) is 25.3 Å². The minimum atomic E-state index is -0.301. The minimum absolute atomic E-state index is 0.0381. The normalized spacial score (nSPS) is 11.9. The number of nitriles is 1. The van der Waals surface area contributed by atoms with Gasteiger partial charge in [0.05, 0.1) is 18.2 Å². The summed E-state index contributed by atoms with van der Waals surface area (Å²) in [6, 6.07) is 6.87. The maximum atomic E-state index is 13.7. The van der Waals surface area contributed by atoms with Crippen molar-refractivity contribution in [2.24, 2.45) is 0 Å². The highest BCUT2D eigenvalue weighted by Crippen LogP contribution is 2.26. The summed E-state index contributed by atoms with van der Waals surface area (Å²) in [7, 11) is 1.77. The van der Waals surface area contributed by atoms with Crippen LogP contribution >= 0.6 is 11.6 Å². The monoisotopic (exact) mass is 240 g/mol. The lowest BCUT2D eigenvalue weighted by Crippen LogP contribution is -2.30. The summed E-state index contributed by atoms with van der Waals surface area (Å²) < 4.78 is 13.7. The van der Waals surface area contributed by atoms with Crippen LogP contribution in [0.2, 0.25) is 0 Å². The summed E-state index contributed by atoms with van der Waals surface area (Å²) in [5.74, 6) is -0.0399. The molecule has 0 spiro atoms. The van der Waals surface area contributed by atoms with Crippen molar-refractivity contribution in [3.05, 3.63) is 29.6 Å². The number of para-hydroxylation sites is 1. The molecule has 0 aliphatic carbocycles. The molecule has 0 bridgehead atoms. The van der Waals surface area contributed by atoms with Crippen molar-refractivity contribution in [1.82, 2.24) is 0 Å². The Labute approximate surface area is 100 Å². The second-order valence-corrected chi connectivity index (χ2v) is 3.97. The fourth-order valence-electron chi connectivity index (χ4n) is 1.55. The molecule has 4 heteroatoms. The van der Waals surface area contributed by atoms with E-state index in [2.05, 4.69) is 6.07 Å². The molecule has 1 rings (SSSR count). The maximum Gasteiger partial charge on any atom is 0.146 e. The first-order valence-corrected chi connectivity index (χ1v) is 5.58. The van der Waals surface area contributed by atoms with Crippen molar-refractivity contribution in [1.29, 1.82) is 5.26 Å². The first kappa shape index (κ1) is 12.8. The van der Waals surface area contributed by atoms with E-state index >= 15 is 0 Å². The molecule has 86 valence electrons. The predicted molar refractivity (Wildman–Crippen MR) is 64.1 cm³/mol. The van der Waals surface area contributed by atoms with E-state index in [0.29, 0.717) is 12.1 Å². The Morgan fingerprint density at radius 3 is 2.81 bits per heavy atom. The third kappa shape index (κ3) is 2.65. The van der Waals surface area contributed by atoms with Gasteiger partial charge in [0, 0.05) is 19.0 Å². The van der Waals surface area contributed by atoms with Gasteiger partial charge in [-0.15, -0.1) is 11.6 Å². The number of benzene rings is 1. The quantitative estimate of drug-likeness (QED) is 0.755. The molecule has 0 amide bonds. The molecule has 16 heavy (non-hydrogen) atoms. The van der Waals surface area contributed by atoms with Gasteiger partial charge in [-0.05, 0) is 18.6 Å². The van der Waals surface area contributed by atoms with Gasteiger partial charge in [-0.25, -0.2) is 4.39 Å². The van der Waals surface area contributed by atoms with Gasteiger partial charge in [-0.1, -0.05) is 12.1 Å². The zero-order valence-corrected chi connectivity index (χ0v) is 10.1. The Balaban J connectivity index is 3.07. The molecule has 0 radical (unpaired) electrons. The van der Waals surface area contributed by atoms with Crippen molar-refractivity contribution in [3.63, 3.8) is 0 Å². The smallest absolute Gasteiger partial charge is 0.146 e. The van der Waals surface area contributed by atoms with Crippen LogP contribution in [-0.4, -0.2) is 13.1 Å². The molecule has 0 aliphatic heterocycles. The Kier molecular flexibility index (Phi) is 4.57. The van der Waals surface area contributed by atoms with Gasteiger partial charge < -0.3 is 4.90 Å². The van der Waals surface area contributed by atoms with Gasteiger partial charge in [-0.2, -0.15) is 5.26 Å². The third-order valence-electron chi connectivity index (χ3n) is 2.61. The molecular weight excluding hydrogens is 227 g/mol. The number of anilines is 1. The highest BCUT2D eigenvalue weighted by atomic mass is 35.5. The lowest BCUT2D eigenvalue weighted by Gasteiger charge is -2.27. The largest absolute Gasteiger partial charge is 0.368 e. The maximum absolute atomic E-state index is 13.7. The van der Waals surface area contributed by atoms with Gasteiger partial charge >= 0.3 is 0 Å². The van der Waals surface area contributed by atoms with Gasteiger partial charge in [0.15, 0.2) is 0 Å². The summed E-state index contributed by atoms with van der Waals surface area (Å²) in [5.41, 5.74) is 1.23. The number of hydrogen-bond acceptors (Lipinski definition) is 2. The lowest BCUT2D eigenvalue weighted by molar-refractivity contribution is 0.605. The average molecular weight is 241 g/mol. The molecule has 0 N–H and O–H groups in total. The molecule has 0 aliphatic rings. The van der Waals surface area contributed by atoms with E-state index in [1.165, 1.54) is 6.07 Å². The molecule has 0 saturated carbocycles. The summed E-state index contributed by atoms with van der Waals surface area (Å²) >= 11 is 5.77. The van der Waals surface area contributed by atoms with Crippen LogP contribution in [0.5, 0.6) is 0 Å². The first-order chi connectivity index (χ1) is 7.61. The van der Waals surface area contributed by atoms with Crippen LogP contribution in [0.1, 0.15) is 18.9 Å². The second-order valence-electron chi connectivity index (χ2n) is 3.70. The van der Waals surface area contributed by atoms with Gasteiger partial charge in [0.2, 0.25) is 0 Å². The summed E-state index contributed by atoms with van der Waals surface area (Å²) in [6.07, 6.45) is 0.354. The van der Waals surface area contributed by atoms with E-state index in [9.17, 15) is 4.39 Å². The van der Waals surface area contributed by atoms with Crippen LogP contribution in [0, 0.1) is 17.1 Å². The lowest BCUT2D eigenvalue weighted by atomic mass is 10.1. The highest BCUT2D eigenvalue weighted by molar-refractivity contribution is 6.17. The number of hydrogen-bond donors (Lipinski definition) is 0. The van der Waals surface area contributed by atoms with Crippen molar-refractivity contribution in [3.8, 4) is 6.07 Å². The van der Waals surface area contributed by atoms with Crippen LogP contribution in [0.15, 0.2) is 18.2 Å². The average Bonchev–Trinajstić information content (AvgIpc) is 2.28. The molecular formula is C12H14ClFN2. The van der Waals surface area contributed by atoms with Crippen molar-refractivity contribution in [2.75, 3.05) is 11.9 Å². The van der Waals surface area contributed by atoms with Crippen molar-refractivity contribution >= 4 is 17.3 Å². The van der Waals surface area contributed by atoms with Crippen LogP contribution in [0.3, 0.4) is 0 Å². The Hall–Kier alpha value is -1.27. The first-order valence-electron chi connectivity index (χ1n) is 5.05. The zero-order valence-electron chi connectivity index (χ0n) is 9.37. The van der Waals surface area contributed by atoms with E-state index in [0.717, 1.165) is 5.56 Å². The van der Waals surface area contributed by atoms with Gasteiger partial charge in [-0.3, -0.25) is 0 Å². The minimum Gasteiger partial charge on any atom is -0.368 e. The fourth-order valence-corrected chi connectivity index (χ4v) is 1.77. The highest BCUT2D eigenvalue weighted by Gasteiger charge is 2.16. The Bertz CT molecular complexity index is 400. The Morgan fingerprint density at radius 1 is 1.56 bits per heavy atom. The molecule has 0 aromatic heterocycles. The summed E-state index contributed by atoms with van der Waals surface area (Å²) in [4.78, 5) is 1.76. The molecule has 1 atom stereocenters. The summed E-state index contributed by atoms with van der Waals surface area (Å²) in [6.45, 7) is 1.88. The molecule has 0 saturated heterocycles. The number of rotatable bonds is 4. The molecule has 0 heterocycles.